The number of benzene rings is 2. The molecule has 1 aliphatic carbocycles. The number of pyridine rings is 1. The van der Waals surface area contributed by atoms with E-state index in [2.05, 4.69) is 43.7 Å². The van der Waals surface area contributed by atoms with Crippen molar-refractivity contribution in [1.29, 1.82) is 0 Å². The molecule has 1 amide bonds. The van der Waals surface area contributed by atoms with Crippen LogP contribution in [0.15, 0.2) is 67.3 Å². The van der Waals surface area contributed by atoms with E-state index in [9.17, 15) is 9.18 Å². The Labute approximate surface area is 334 Å². The van der Waals surface area contributed by atoms with E-state index in [-0.39, 0.29) is 40.9 Å². The minimum Gasteiger partial charge on any atom is -0.497 e. The summed E-state index contributed by atoms with van der Waals surface area (Å²) in [6.07, 6.45) is 8.03. The van der Waals surface area contributed by atoms with Gasteiger partial charge in [-0.2, -0.15) is 0 Å². The number of hydrogen-bond acceptors (Lipinski definition) is 11. The summed E-state index contributed by atoms with van der Waals surface area (Å²) in [6.45, 7) is 15.2. The van der Waals surface area contributed by atoms with Gasteiger partial charge in [0, 0.05) is 93.7 Å². The number of methoxy groups -OCH3 is 1. The third-order valence-electron chi connectivity index (χ3n) is 12.0. The van der Waals surface area contributed by atoms with Crippen molar-refractivity contribution in [2.45, 2.75) is 84.3 Å². The molecular formula is C44H54FN7O5. The zero-order valence-corrected chi connectivity index (χ0v) is 33.7. The monoisotopic (exact) mass is 779 g/mol. The SMILES string of the molecule is CCN(C(=O)c1cc(F)ccc1Oc1cncnc1N1CC2(CC(Oc3ccnc4c3CN(C[C@@H]3CN(Cc5ccc(OC)cc5)[C@H](C)CO3)CC4)C2)C1)C(C)C. The third-order valence-corrected chi connectivity index (χ3v) is 12.0. The van der Waals surface area contributed by atoms with Crippen LogP contribution in [0.2, 0.25) is 0 Å². The van der Waals surface area contributed by atoms with Gasteiger partial charge in [0.25, 0.3) is 5.91 Å². The zero-order valence-electron chi connectivity index (χ0n) is 33.7. The first-order valence-corrected chi connectivity index (χ1v) is 20.3. The summed E-state index contributed by atoms with van der Waals surface area (Å²) in [5.74, 6) is 2.39. The van der Waals surface area contributed by atoms with E-state index in [1.165, 1.54) is 35.7 Å². The van der Waals surface area contributed by atoms with Gasteiger partial charge in [0.1, 0.15) is 35.5 Å². The molecule has 2 atom stereocenters. The number of halogens is 1. The zero-order chi connectivity index (χ0) is 39.7. The molecule has 0 N–H and O–H groups in total. The van der Waals surface area contributed by atoms with Crippen molar-refractivity contribution in [3.63, 3.8) is 0 Å². The fraction of sp³-hybridized carbons (Fsp3) is 0.500. The highest BCUT2D eigenvalue weighted by molar-refractivity contribution is 5.97. The second-order valence-electron chi connectivity index (χ2n) is 16.4. The maximum absolute atomic E-state index is 14.4. The number of carbonyl (C=O) groups excluding carboxylic acids is 1. The Bertz CT molecular complexity index is 2040. The number of ether oxygens (including phenoxy) is 4. The number of carbonyl (C=O) groups is 1. The fourth-order valence-corrected chi connectivity index (χ4v) is 8.93. The molecule has 2 aromatic heterocycles. The van der Waals surface area contributed by atoms with Crippen LogP contribution in [0.25, 0.3) is 0 Å². The lowest BCUT2D eigenvalue weighted by atomic mass is 9.61. The van der Waals surface area contributed by atoms with Crippen LogP contribution in [0.5, 0.6) is 23.0 Å². The summed E-state index contributed by atoms with van der Waals surface area (Å²) in [4.78, 5) is 35.8. The molecule has 57 heavy (non-hydrogen) atoms. The number of rotatable bonds is 13. The Morgan fingerprint density at radius 1 is 1.07 bits per heavy atom. The van der Waals surface area contributed by atoms with Crippen molar-refractivity contribution >= 4 is 11.7 Å². The lowest BCUT2D eigenvalue weighted by Crippen LogP contribution is -2.65. The Balaban J connectivity index is 0.860. The molecule has 3 aliphatic heterocycles. The molecule has 1 saturated carbocycles. The molecule has 5 heterocycles. The third kappa shape index (κ3) is 8.42. The predicted molar refractivity (Wildman–Crippen MR) is 214 cm³/mol. The lowest BCUT2D eigenvalue weighted by molar-refractivity contribution is -0.0742. The topological polar surface area (TPSA) is 106 Å². The van der Waals surface area contributed by atoms with Crippen molar-refractivity contribution in [3.05, 3.63) is 95.5 Å². The molecule has 13 heteroatoms. The number of nitrogens with zero attached hydrogens (tertiary/aromatic N) is 7. The molecule has 0 unspecified atom stereocenters. The van der Waals surface area contributed by atoms with E-state index in [0.29, 0.717) is 24.2 Å². The van der Waals surface area contributed by atoms with Crippen molar-refractivity contribution in [3.8, 4) is 23.0 Å². The van der Waals surface area contributed by atoms with Crippen LogP contribution < -0.4 is 19.1 Å². The van der Waals surface area contributed by atoms with Crippen LogP contribution in [-0.2, 0) is 24.2 Å². The maximum Gasteiger partial charge on any atom is 0.257 e. The van der Waals surface area contributed by atoms with Gasteiger partial charge in [-0.15, -0.1) is 0 Å². The highest BCUT2D eigenvalue weighted by Gasteiger charge is 2.54. The van der Waals surface area contributed by atoms with E-state index in [1.54, 1.807) is 18.2 Å². The van der Waals surface area contributed by atoms with Crippen molar-refractivity contribution in [2.24, 2.45) is 5.41 Å². The number of fused-ring (bicyclic) bond motifs is 1. The number of anilines is 1. The summed E-state index contributed by atoms with van der Waals surface area (Å²) in [5.41, 5.74) is 3.90. The van der Waals surface area contributed by atoms with Crippen LogP contribution in [-0.4, -0.2) is 113 Å². The van der Waals surface area contributed by atoms with Gasteiger partial charge >= 0.3 is 0 Å². The second-order valence-corrected chi connectivity index (χ2v) is 16.4. The molecule has 12 nitrogen and oxygen atoms in total. The first-order chi connectivity index (χ1) is 27.6. The summed E-state index contributed by atoms with van der Waals surface area (Å²) in [6, 6.07) is 14.7. The minimum atomic E-state index is -0.497. The Morgan fingerprint density at radius 2 is 1.88 bits per heavy atom. The Morgan fingerprint density at radius 3 is 2.63 bits per heavy atom. The maximum atomic E-state index is 14.4. The van der Waals surface area contributed by atoms with E-state index >= 15 is 0 Å². The van der Waals surface area contributed by atoms with Gasteiger partial charge in [0.2, 0.25) is 0 Å². The van der Waals surface area contributed by atoms with E-state index in [4.69, 9.17) is 23.9 Å². The van der Waals surface area contributed by atoms with Crippen LogP contribution in [0.3, 0.4) is 0 Å². The van der Waals surface area contributed by atoms with Crippen LogP contribution in [0, 0.1) is 11.2 Å². The van der Waals surface area contributed by atoms with Gasteiger partial charge in [0.15, 0.2) is 11.6 Å². The summed E-state index contributed by atoms with van der Waals surface area (Å²) in [5, 5.41) is 0. The van der Waals surface area contributed by atoms with Gasteiger partial charge < -0.3 is 28.7 Å². The molecular weight excluding hydrogens is 726 g/mol. The Kier molecular flexibility index (Phi) is 11.3. The standard InChI is InChI=1S/C44H54FN7O5/c1-6-52(29(2)3)43(53)36-17-32(45)9-12-39(36)57-41-20-46-28-48-42(41)51-26-44(27-51)18-34(19-44)56-40-13-15-47-38-14-16-49(24-37(38)40)22-35-23-50(30(4)25-55-35)21-31-7-10-33(54-5)11-8-31/h7-13,15,17,20,28-30,34-35H,6,14,16,18-19,21-27H2,1-5H3/t30-,35-/m1/s1. The minimum absolute atomic E-state index is 0.0462. The quantitative estimate of drug-likeness (QED) is 0.151. The summed E-state index contributed by atoms with van der Waals surface area (Å²) < 4.78 is 39.1. The lowest BCUT2D eigenvalue weighted by Gasteiger charge is -2.59. The molecule has 0 bridgehead atoms. The molecule has 4 aromatic rings. The molecule has 0 radical (unpaired) electrons. The summed E-state index contributed by atoms with van der Waals surface area (Å²) in [7, 11) is 1.70. The van der Waals surface area contributed by atoms with Gasteiger partial charge in [-0.05, 0) is 82.5 Å². The molecule has 1 spiro atoms. The number of aromatic nitrogens is 3. The van der Waals surface area contributed by atoms with E-state index in [0.717, 1.165) is 88.9 Å². The van der Waals surface area contributed by atoms with E-state index in [1.807, 2.05) is 45.2 Å². The summed E-state index contributed by atoms with van der Waals surface area (Å²) >= 11 is 0. The fourth-order valence-electron chi connectivity index (χ4n) is 8.93. The van der Waals surface area contributed by atoms with Crippen LogP contribution >= 0.6 is 0 Å². The number of hydrogen-bond donors (Lipinski definition) is 0. The van der Waals surface area contributed by atoms with Crippen molar-refractivity contribution < 1.29 is 28.1 Å². The molecule has 2 aromatic carbocycles. The molecule has 302 valence electrons. The molecule has 8 rings (SSSR count). The average Bonchev–Trinajstić information content (AvgIpc) is 3.18. The number of amides is 1. The molecule has 3 fully saturated rings. The van der Waals surface area contributed by atoms with Crippen LogP contribution in [0.1, 0.15) is 67.7 Å². The van der Waals surface area contributed by atoms with Gasteiger partial charge in [0.05, 0.1) is 31.6 Å². The Hall–Kier alpha value is -4.85. The number of morpholine rings is 1. The first-order valence-electron chi connectivity index (χ1n) is 20.3. The van der Waals surface area contributed by atoms with Gasteiger partial charge in [-0.25, -0.2) is 14.4 Å². The van der Waals surface area contributed by atoms with Gasteiger partial charge in [-0.1, -0.05) is 12.1 Å². The average molecular weight is 780 g/mol. The van der Waals surface area contributed by atoms with E-state index < -0.39 is 5.82 Å². The molecule has 2 saturated heterocycles. The largest absolute Gasteiger partial charge is 0.497 e. The molecule has 4 aliphatic rings. The van der Waals surface area contributed by atoms with Crippen LogP contribution in [0.4, 0.5) is 10.2 Å². The van der Waals surface area contributed by atoms with Crippen molar-refractivity contribution in [2.75, 3.05) is 57.9 Å². The highest BCUT2D eigenvalue weighted by Crippen LogP contribution is 2.52. The van der Waals surface area contributed by atoms with Gasteiger partial charge in [-0.3, -0.25) is 19.6 Å². The second kappa shape index (κ2) is 16.6. The smallest absolute Gasteiger partial charge is 0.257 e. The first kappa shape index (κ1) is 39.0. The predicted octanol–water partition coefficient (Wildman–Crippen LogP) is 6.38. The van der Waals surface area contributed by atoms with Crippen molar-refractivity contribution in [1.82, 2.24) is 29.7 Å². The highest BCUT2D eigenvalue weighted by atomic mass is 19.1. The normalized spacial score (nSPS) is 20.8.